The van der Waals surface area contributed by atoms with Gasteiger partial charge in [-0.25, -0.2) is 0 Å². The highest BCUT2D eigenvalue weighted by molar-refractivity contribution is 6.31. The molecule has 0 aliphatic rings. The number of hydrogen-bond acceptors (Lipinski definition) is 2. The van der Waals surface area contributed by atoms with Gasteiger partial charge in [-0.3, -0.25) is 4.79 Å². The Kier molecular flexibility index (Phi) is 2.69. The first-order valence-corrected chi connectivity index (χ1v) is 7.14. The first kappa shape index (κ1) is 12.9. The lowest BCUT2D eigenvalue weighted by atomic mass is 9.99. The van der Waals surface area contributed by atoms with Gasteiger partial charge in [0.2, 0.25) is 0 Å². The molecule has 0 radical (unpaired) electrons. The summed E-state index contributed by atoms with van der Waals surface area (Å²) >= 11 is 6.05. The molecule has 0 unspecified atom stereocenters. The molecule has 0 bridgehead atoms. The maximum absolute atomic E-state index is 12.3. The maximum atomic E-state index is 12.3. The summed E-state index contributed by atoms with van der Waals surface area (Å²) in [6.45, 7) is 0. The predicted molar refractivity (Wildman–Crippen MR) is 89.3 cm³/mol. The summed E-state index contributed by atoms with van der Waals surface area (Å²) in [5, 5.41) is 13.1. The zero-order chi connectivity index (χ0) is 15.3. The van der Waals surface area contributed by atoms with E-state index in [9.17, 15) is 10.1 Å². The molecule has 1 N–H and O–H groups in total. The molecule has 0 aliphatic heterocycles. The Morgan fingerprint density at radius 3 is 2.73 bits per heavy atom. The first-order valence-electron chi connectivity index (χ1n) is 6.76. The molecular formula is C18H9ClN2O. The van der Waals surface area contributed by atoms with Crippen LogP contribution in [0.15, 0.2) is 53.3 Å². The average Bonchev–Trinajstić information content (AvgIpc) is 2.52. The minimum absolute atomic E-state index is 0.0587. The second kappa shape index (κ2) is 4.59. The van der Waals surface area contributed by atoms with E-state index in [0.717, 1.165) is 21.7 Å². The van der Waals surface area contributed by atoms with Gasteiger partial charge in [0.25, 0.3) is 0 Å². The number of nitrogens with zero attached hydrogens (tertiary/aromatic N) is 1. The highest BCUT2D eigenvalue weighted by Gasteiger charge is 2.12. The van der Waals surface area contributed by atoms with E-state index in [1.165, 1.54) is 6.07 Å². The molecule has 0 spiro atoms. The molecular weight excluding hydrogens is 296 g/mol. The van der Waals surface area contributed by atoms with E-state index < -0.39 is 0 Å². The summed E-state index contributed by atoms with van der Waals surface area (Å²) in [7, 11) is 0. The minimum Gasteiger partial charge on any atom is -0.354 e. The number of aromatic amines is 1. The molecule has 3 aromatic carbocycles. The van der Waals surface area contributed by atoms with Crippen LogP contribution in [0, 0.1) is 11.3 Å². The van der Waals surface area contributed by atoms with E-state index in [4.69, 9.17) is 11.6 Å². The van der Waals surface area contributed by atoms with E-state index in [1.54, 1.807) is 18.2 Å². The Morgan fingerprint density at radius 1 is 1.05 bits per heavy atom. The molecule has 3 nitrogen and oxygen atoms in total. The Bertz CT molecular complexity index is 1170. The van der Waals surface area contributed by atoms with Crippen LogP contribution in [0.5, 0.6) is 0 Å². The van der Waals surface area contributed by atoms with Gasteiger partial charge < -0.3 is 4.98 Å². The van der Waals surface area contributed by atoms with Gasteiger partial charge in [-0.2, -0.15) is 5.26 Å². The molecule has 4 rings (SSSR count). The number of nitriles is 1. The number of nitrogens with one attached hydrogen (secondary N) is 1. The van der Waals surface area contributed by atoms with Gasteiger partial charge in [-0.1, -0.05) is 35.9 Å². The molecule has 0 saturated carbocycles. The van der Waals surface area contributed by atoms with Crippen molar-refractivity contribution in [2.24, 2.45) is 0 Å². The fourth-order valence-corrected chi connectivity index (χ4v) is 3.09. The average molecular weight is 305 g/mol. The zero-order valence-corrected chi connectivity index (χ0v) is 12.1. The molecule has 0 saturated heterocycles. The van der Waals surface area contributed by atoms with Gasteiger partial charge in [0.15, 0.2) is 5.43 Å². The number of hydrogen-bond donors (Lipinski definition) is 1. The molecule has 104 valence electrons. The number of aromatic nitrogens is 1. The van der Waals surface area contributed by atoms with E-state index in [0.29, 0.717) is 21.5 Å². The normalized spacial score (nSPS) is 11.1. The SMILES string of the molecule is N#Cc1c2cc(Cl)ccc2[nH]c2c1ccc1cccc(=O)c12. The third kappa shape index (κ3) is 1.71. The molecule has 4 aromatic rings. The summed E-state index contributed by atoms with van der Waals surface area (Å²) in [6.07, 6.45) is 0. The van der Waals surface area contributed by atoms with Gasteiger partial charge in [0.05, 0.1) is 16.5 Å². The second-order valence-electron chi connectivity index (χ2n) is 5.14. The van der Waals surface area contributed by atoms with Crippen molar-refractivity contribution in [1.82, 2.24) is 4.98 Å². The lowest BCUT2D eigenvalue weighted by Gasteiger charge is -2.09. The van der Waals surface area contributed by atoms with Crippen LogP contribution in [-0.4, -0.2) is 4.98 Å². The van der Waals surface area contributed by atoms with Crippen LogP contribution in [0.4, 0.5) is 0 Å². The van der Waals surface area contributed by atoms with Crippen LogP contribution >= 0.6 is 11.6 Å². The molecule has 0 aliphatic carbocycles. The van der Waals surface area contributed by atoms with Crippen LogP contribution in [0.25, 0.3) is 32.6 Å². The van der Waals surface area contributed by atoms with Gasteiger partial charge in [-0.15, -0.1) is 0 Å². The van der Waals surface area contributed by atoms with E-state index in [2.05, 4.69) is 11.1 Å². The maximum Gasteiger partial charge on any atom is 0.188 e. The Hall–Kier alpha value is -2.83. The van der Waals surface area contributed by atoms with Gasteiger partial charge in [-0.05, 0) is 29.7 Å². The van der Waals surface area contributed by atoms with E-state index in [-0.39, 0.29) is 5.43 Å². The minimum atomic E-state index is -0.0587. The summed E-state index contributed by atoms with van der Waals surface area (Å²) in [5.41, 5.74) is 1.94. The standard InChI is InChI=1S/C18H9ClN2O/c19-11-5-7-15-13(8-11)14(9-20)12-6-4-10-2-1-3-16(22)17(10)18(12)21-15/h1-8,21H. The highest BCUT2D eigenvalue weighted by Crippen LogP contribution is 2.30. The van der Waals surface area contributed by atoms with Crippen LogP contribution in [0.2, 0.25) is 5.02 Å². The smallest absolute Gasteiger partial charge is 0.188 e. The number of rotatable bonds is 0. The lowest BCUT2D eigenvalue weighted by Crippen LogP contribution is -2.01. The fourth-order valence-electron chi connectivity index (χ4n) is 2.92. The van der Waals surface area contributed by atoms with Crippen LogP contribution in [0.1, 0.15) is 5.56 Å². The van der Waals surface area contributed by atoms with Crippen LogP contribution in [0.3, 0.4) is 0 Å². The van der Waals surface area contributed by atoms with Crippen LogP contribution in [-0.2, 0) is 0 Å². The third-order valence-electron chi connectivity index (χ3n) is 3.90. The highest BCUT2D eigenvalue weighted by atomic mass is 35.5. The van der Waals surface area contributed by atoms with Crippen LogP contribution < -0.4 is 5.43 Å². The monoisotopic (exact) mass is 304 g/mol. The number of benzene rings is 3. The van der Waals surface area contributed by atoms with Crippen molar-refractivity contribution < 1.29 is 0 Å². The molecule has 0 fully saturated rings. The fraction of sp³-hybridized carbons (Fsp3) is 0. The summed E-state index contributed by atoms with van der Waals surface area (Å²) in [6, 6.07) is 16.5. The predicted octanol–water partition coefficient (Wildman–Crippen LogP) is 4.36. The molecule has 22 heavy (non-hydrogen) atoms. The summed E-state index contributed by atoms with van der Waals surface area (Å²) in [5.74, 6) is 0. The van der Waals surface area contributed by atoms with E-state index >= 15 is 0 Å². The van der Waals surface area contributed by atoms with Crippen molar-refractivity contribution in [2.45, 2.75) is 0 Å². The largest absolute Gasteiger partial charge is 0.354 e. The second-order valence-corrected chi connectivity index (χ2v) is 5.58. The van der Waals surface area contributed by atoms with Crippen molar-refractivity contribution >= 4 is 44.2 Å². The van der Waals surface area contributed by atoms with Crippen molar-refractivity contribution in [3.8, 4) is 6.07 Å². The molecule has 0 atom stereocenters. The Balaban J connectivity index is 2.36. The Labute approximate surface area is 130 Å². The van der Waals surface area contributed by atoms with Crippen molar-refractivity contribution in [2.75, 3.05) is 0 Å². The summed E-state index contributed by atoms with van der Waals surface area (Å²) < 4.78 is 0. The number of pyridine rings is 1. The molecule has 0 amide bonds. The quantitative estimate of drug-likeness (QED) is 0.387. The number of fused-ring (bicyclic) bond motifs is 4. The lowest BCUT2D eigenvalue weighted by molar-refractivity contribution is 1.47. The zero-order valence-electron chi connectivity index (χ0n) is 11.4. The van der Waals surface area contributed by atoms with Crippen molar-refractivity contribution in [3.63, 3.8) is 0 Å². The van der Waals surface area contributed by atoms with Crippen molar-refractivity contribution in [3.05, 3.63) is 69.3 Å². The van der Waals surface area contributed by atoms with Gasteiger partial charge >= 0.3 is 0 Å². The number of H-pyrrole nitrogens is 1. The van der Waals surface area contributed by atoms with Crippen molar-refractivity contribution in [1.29, 1.82) is 5.26 Å². The molecule has 1 aromatic heterocycles. The molecule has 1 heterocycles. The first-order chi connectivity index (χ1) is 10.7. The van der Waals surface area contributed by atoms with Gasteiger partial charge in [0.1, 0.15) is 6.07 Å². The summed E-state index contributed by atoms with van der Waals surface area (Å²) in [4.78, 5) is 15.5. The third-order valence-corrected chi connectivity index (χ3v) is 4.13. The van der Waals surface area contributed by atoms with E-state index in [1.807, 2.05) is 24.3 Å². The topological polar surface area (TPSA) is 56.6 Å². The van der Waals surface area contributed by atoms with Gasteiger partial charge in [0, 0.05) is 21.3 Å². The molecule has 4 heteroatoms. The number of halogens is 1. The Morgan fingerprint density at radius 2 is 1.91 bits per heavy atom.